The minimum atomic E-state index is -0.0484. The normalized spacial score (nSPS) is 13.6. The van der Waals surface area contributed by atoms with Gasteiger partial charge in [0.25, 0.3) is 0 Å². The van der Waals surface area contributed by atoms with Crippen molar-refractivity contribution in [1.29, 1.82) is 0 Å². The van der Waals surface area contributed by atoms with Gasteiger partial charge in [0.1, 0.15) is 18.1 Å². The van der Waals surface area contributed by atoms with Crippen molar-refractivity contribution < 1.29 is 14.2 Å². The lowest BCUT2D eigenvalue weighted by molar-refractivity contribution is 0.117. The van der Waals surface area contributed by atoms with Gasteiger partial charge in [0.15, 0.2) is 5.96 Å². The highest BCUT2D eigenvalue weighted by Gasteiger charge is 2.09. The molecular formula is C31H43N3O3. The van der Waals surface area contributed by atoms with Gasteiger partial charge in [-0.15, -0.1) is 0 Å². The van der Waals surface area contributed by atoms with E-state index in [9.17, 15) is 0 Å². The third kappa shape index (κ3) is 12.5. The van der Waals surface area contributed by atoms with Crippen molar-refractivity contribution in [2.45, 2.75) is 63.8 Å². The number of ether oxygens (including phenoxy) is 3. The summed E-state index contributed by atoms with van der Waals surface area (Å²) in [5.41, 5.74) is 13.6. The first-order valence-corrected chi connectivity index (χ1v) is 13.6. The molecule has 0 amide bonds. The minimum absolute atomic E-state index is 0.0484. The Labute approximate surface area is 222 Å². The fourth-order valence-corrected chi connectivity index (χ4v) is 4.24. The zero-order valence-electron chi connectivity index (χ0n) is 22.0. The Bertz CT molecular complexity index is 967. The van der Waals surface area contributed by atoms with E-state index in [0.29, 0.717) is 13.2 Å². The molecule has 6 nitrogen and oxygen atoms in total. The van der Waals surface area contributed by atoms with Gasteiger partial charge in [-0.1, -0.05) is 74.2 Å². The van der Waals surface area contributed by atoms with E-state index in [1.165, 1.54) is 36.8 Å². The van der Waals surface area contributed by atoms with Gasteiger partial charge in [-0.3, -0.25) is 0 Å². The molecule has 3 rings (SSSR count). The molecule has 0 bridgehead atoms. The number of hydrogen-bond donors (Lipinski definition) is 2. The summed E-state index contributed by atoms with van der Waals surface area (Å²) in [6.45, 7) is 2.64. The number of nitrogens with zero attached hydrogens (tertiary/aromatic N) is 1. The van der Waals surface area contributed by atoms with E-state index in [2.05, 4.69) is 35.4 Å². The topological polar surface area (TPSA) is 92.1 Å². The van der Waals surface area contributed by atoms with Gasteiger partial charge in [-0.05, 0) is 67.5 Å². The molecule has 0 heterocycles. The molecule has 0 aliphatic heterocycles. The number of benzene rings is 2. The Morgan fingerprint density at radius 3 is 2.14 bits per heavy atom. The SMILES string of the molecule is NC(N)=N[C@H](COCCCCCCCCOc1ccc(OCC2=CCCC=C2)cc1)Cc1ccccc1. The summed E-state index contributed by atoms with van der Waals surface area (Å²) < 4.78 is 17.6. The average molecular weight is 506 g/mol. The lowest BCUT2D eigenvalue weighted by Crippen LogP contribution is -2.28. The molecule has 0 spiro atoms. The number of hydrogen-bond acceptors (Lipinski definition) is 4. The van der Waals surface area contributed by atoms with E-state index in [4.69, 9.17) is 25.7 Å². The number of allylic oxidation sites excluding steroid dienone is 2. The summed E-state index contributed by atoms with van der Waals surface area (Å²) in [5, 5.41) is 0. The molecule has 2 aromatic carbocycles. The van der Waals surface area contributed by atoms with Crippen LogP contribution in [0.15, 0.2) is 83.4 Å². The fourth-order valence-electron chi connectivity index (χ4n) is 4.24. The van der Waals surface area contributed by atoms with Gasteiger partial charge in [0.2, 0.25) is 0 Å². The Morgan fingerprint density at radius 2 is 1.46 bits per heavy atom. The number of guanidine groups is 1. The van der Waals surface area contributed by atoms with Crippen LogP contribution in [-0.4, -0.2) is 38.4 Å². The number of unbranched alkanes of at least 4 members (excludes halogenated alkanes) is 5. The first kappa shape index (κ1) is 28.3. The maximum Gasteiger partial charge on any atom is 0.186 e. The predicted octanol–water partition coefficient (Wildman–Crippen LogP) is 5.96. The minimum Gasteiger partial charge on any atom is -0.494 e. The third-order valence-electron chi connectivity index (χ3n) is 6.21. The van der Waals surface area contributed by atoms with E-state index in [0.717, 1.165) is 56.8 Å². The maximum atomic E-state index is 5.88. The third-order valence-corrected chi connectivity index (χ3v) is 6.21. The van der Waals surface area contributed by atoms with Crippen LogP contribution < -0.4 is 20.9 Å². The molecule has 0 aromatic heterocycles. The van der Waals surface area contributed by atoms with Crippen LogP contribution in [0.5, 0.6) is 11.5 Å². The van der Waals surface area contributed by atoms with Crippen LogP contribution in [0.25, 0.3) is 0 Å². The average Bonchev–Trinajstić information content (AvgIpc) is 2.92. The van der Waals surface area contributed by atoms with E-state index >= 15 is 0 Å². The lowest BCUT2D eigenvalue weighted by atomic mass is 10.1. The first-order valence-electron chi connectivity index (χ1n) is 13.6. The molecule has 1 aliphatic rings. The Kier molecular flexibility index (Phi) is 13.2. The van der Waals surface area contributed by atoms with E-state index < -0.39 is 0 Å². The molecule has 1 atom stereocenters. The molecule has 6 heteroatoms. The van der Waals surface area contributed by atoms with Crippen molar-refractivity contribution in [2.24, 2.45) is 16.5 Å². The van der Waals surface area contributed by atoms with Gasteiger partial charge in [-0.25, -0.2) is 4.99 Å². The molecule has 200 valence electrons. The van der Waals surface area contributed by atoms with Crippen molar-refractivity contribution in [3.05, 3.63) is 84.0 Å². The second-order valence-corrected chi connectivity index (χ2v) is 9.46. The van der Waals surface area contributed by atoms with Gasteiger partial charge in [0, 0.05) is 6.61 Å². The van der Waals surface area contributed by atoms with Crippen LogP contribution >= 0.6 is 0 Å². The summed E-state index contributed by atoms with van der Waals surface area (Å²) in [6, 6.07) is 18.1. The van der Waals surface area contributed by atoms with E-state index in [-0.39, 0.29) is 12.0 Å². The second kappa shape index (κ2) is 17.2. The van der Waals surface area contributed by atoms with Crippen LogP contribution in [0, 0.1) is 0 Å². The molecule has 0 unspecified atom stereocenters. The van der Waals surface area contributed by atoms with Crippen molar-refractivity contribution >= 4 is 5.96 Å². The largest absolute Gasteiger partial charge is 0.494 e. The highest BCUT2D eigenvalue weighted by atomic mass is 16.5. The standard InChI is InChI=1S/C31H43N3O3/c32-31(33)34-28(23-26-13-7-5-8-14-26)25-35-21-11-3-1-2-4-12-22-36-29-17-19-30(20-18-29)37-24-27-15-9-6-10-16-27/h5,7-9,13-20,28H,1-4,6,10-12,21-25H2,(H4,32,33,34)/t28-/m0/s1. The molecule has 4 N–H and O–H groups in total. The quantitative estimate of drug-likeness (QED) is 0.148. The number of nitrogens with two attached hydrogens (primary N) is 2. The fraction of sp³-hybridized carbons (Fsp3) is 0.452. The van der Waals surface area contributed by atoms with Crippen molar-refractivity contribution in [2.75, 3.05) is 26.4 Å². The Balaban J connectivity index is 1.16. The van der Waals surface area contributed by atoms with E-state index in [1.807, 2.05) is 42.5 Å². The monoisotopic (exact) mass is 505 g/mol. The summed E-state index contributed by atoms with van der Waals surface area (Å²) in [7, 11) is 0. The van der Waals surface area contributed by atoms with Gasteiger partial charge >= 0.3 is 0 Å². The zero-order valence-corrected chi connectivity index (χ0v) is 22.0. The zero-order chi connectivity index (χ0) is 26.0. The number of aliphatic imine (C=N–C) groups is 1. The Hall–Kier alpha value is -3.25. The molecule has 0 saturated heterocycles. The molecule has 0 radical (unpaired) electrons. The highest BCUT2D eigenvalue weighted by Crippen LogP contribution is 2.19. The van der Waals surface area contributed by atoms with E-state index in [1.54, 1.807) is 0 Å². The van der Waals surface area contributed by atoms with Gasteiger partial charge in [0.05, 0.1) is 19.3 Å². The Morgan fingerprint density at radius 1 is 0.784 bits per heavy atom. The first-order chi connectivity index (χ1) is 18.2. The van der Waals surface area contributed by atoms with Crippen molar-refractivity contribution in [1.82, 2.24) is 0 Å². The van der Waals surface area contributed by atoms with Crippen LogP contribution in [0.4, 0.5) is 0 Å². The van der Waals surface area contributed by atoms with Gasteiger partial charge in [-0.2, -0.15) is 0 Å². The summed E-state index contributed by atoms with van der Waals surface area (Å²) >= 11 is 0. The van der Waals surface area contributed by atoms with Crippen LogP contribution in [-0.2, 0) is 11.2 Å². The predicted molar refractivity (Wildman–Crippen MR) is 152 cm³/mol. The van der Waals surface area contributed by atoms with Gasteiger partial charge < -0.3 is 25.7 Å². The smallest absolute Gasteiger partial charge is 0.186 e. The summed E-state index contributed by atoms with van der Waals surface area (Å²) in [5.74, 6) is 1.88. The molecule has 1 aliphatic carbocycles. The molecule has 0 saturated carbocycles. The number of rotatable bonds is 18. The lowest BCUT2D eigenvalue weighted by Gasteiger charge is -2.13. The maximum absolute atomic E-state index is 5.88. The van der Waals surface area contributed by atoms with Crippen molar-refractivity contribution in [3.63, 3.8) is 0 Å². The molecular weight excluding hydrogens is 462 g/mol. The molecule has 37 heavy (non-hydrogen) atoms. The molecule has 2 aromatic rings. The van der Waals surface area contributed by atoms with Crippen LogP contribution in [0.2, 0.25) is 0 Å². The second-order valence-electron chi connectivity index (χ2n) is 9.46. The summed E-state index contributed by atoms with van der Waals surface area (Å²) in [4.78, 5) is 4.32. The van der Waals surface area contributed by atoms with Crippen molar-refractivity contribution in [3.8, 4) is 11.5 Å². The summed E-state index contributed by atoms with van der Waals surface area (Å²) in [6.07, 6.45) is 16.5. The molecule has 0 fully saturated rings. The highest BCUT2D eigenvalue weighted by molar-refractivity contribution is 5.75. The van der Waals surface area contributed by atoms with Crippen LogP contribution in [0.1, 0.15) is 56.9 Å². The van der Waals surface area contributed by atoms with Crippen LogP contribution in [0.3, 0.4) is 0 Å².